The number of fused-ring (bicyclic) bond motifs is 1. The monoisotopic (exact) mass is 386 g/mol. The molecule has 1 N–H and O–H groups in total. The van der Waals surface area contributed by atoms with E-state index < -0.39 is 10.0 Å². The number of nitrogens with zero attached hydrogens (tertiary/aromatic N) is 1. The van der Waals surface area contributed by atoms with E-state index >= 15 is 0 Å². The molecule has 0 fully saturated rings. The first-order valence-electron chi connectivity index (χ1n) is 9.19. The molecule has 0 aliphatic carbocycles. The van der Waals surface area contributed by atoms with Crippen molar-refractivity contribution < 1.29 is 13.2 Å². The number of hydrogen-bond donors (Lipinski definition) is 1. The fourth-order valence-electron chi connectivity index (χ4n) is 3.41. The highest BCUT2D eigenvalue weighted by Crippen LogP contribution is 2.32. The Morgan fingerprint density at radius 2 is 1.89 bits per heavy atom. The van der Waals surface area contributed by atoms with Gasteiger partial charge in [-0.3, -0.25) is 9.52 Å². The Morgan fingerprint density at radius 1 is 1.15 bits per heavy atom. The predicted octanol–water partition coefficient (Wildman–Crippen LogP) is 4.08. The number of aryl methyl sites for hydroxylation is 2. The van der Waals surface area contributed by atoms with Gasteiger partial charge in [-0.05, 0) is 60.6 Å². The average Bonchev–Trinajstić information content (AvgIpc) is 2.60. The van der Waals surface area contributed by atoms with E-state index in [9.17, 15) is 13.2 Å². The first-order valence-corrected chi connectivity index (χ1v) is 11.1. The zero-order valence-electron chi connectivity index (χ0n) is 16.2. The molecule has 0 atom stereocenters. The summed E-state index contributed by atoms with van der Waals surface area (Å²) in [5.74, 6) is 0.341. The first-order chi connectivity index (χ1) is 12.7. The summed E-state index contributed by atoms with van der Waals surface area (Å²) in [7, 11) is -3.40. The topological polar surface area (TPSA) is 66.5 Å². The maximum absolute atomic E-state index is 13.2. The number of anilines is 2. The zero-order valence-corrected chi connectivity index (χ0v) is 17.1. The Hall–Kier alpha value is -2.34. The van der Waals surface area contributed by atoms with Crippen LogP contribution < -0.4 is 9.62 Å². The highest BCUT2D eigenvalue weighted by molar-refractivity contribution is 7.92. The van der Waals surface area contributed by atoms with E-state index in [2.05, 4.69) is 30.7 Å². The summed E-state index contributed by atoms with van der Waals surface area (Å²) >= 11 is 0. The van der Waals surface area contributed by atoms with Crippen molar-refractivity contribution in [3.05, 3.63) is 58.7 Å². The molecule has 3 rings (SSSR count). The van der Waals surface area contributed by atoms with E-state index in [1.807, 2.05) is 13.0 Å². The lowest BCUT2D eigenvalue weighted by Gasteiger charge is -2.30. The minimum Gasteiger partial charge on any atom is -0.308 e. The summed E-state index contributed by atoms with van der Waals surface area (Å²) in [4.78, 5) is 15.0. The summed E-state index contributed by atoms with van der Waals surface area (Å²) < 4.78 is 25.6. The molecule has 0 spiro atoms. The Kier molecular flexibility index (Phi) is 5.29. The van der Waals surface area contributed by atoms with Crippen LogP contribution in [-0.2, 0) is 16.4 Å². The molecule has 1 aliphatic heterocycles. The van der Waals surface area contributed by atoms with Gasteiger partial charge in [-0.2, -0.15) is 0 Å². The molecule has 1 heterocycles. The average molecular weight is 387 g/mol. The van der Waals surface area contributed by atoms with Crippen LogP contribution in [0.4, 0.5) is 11.4 Å². The Bertz CT molecular complexity index is 981. The third kappa shape index (κ3) is 4.33. The lowest BCUT2D eigenvalue weighted by Crippen LogP contribution is -2.35. The third-order valence-electron chi connectivity index (χ3n) is 4.91. The van der Waals surface area contributed by atoms with E-state index in [0.29, 0.717) is 23.7 Å². The molecule has 2 aromatic carbocycles. The summed E-state index contributed by atoms with van der Waals surface area (Å²) in [6.45, 7) is 6.80. The van der Waals surface area contributed by atoms with Gasteiger partial charge in [0.1, 0.15) is 0 Å². The Balaban J connectivity index is 1.95. The number of benzene rings is 2. The smallest absolute Gasteiger partial charge is 0.258 e. The van der Waals surface area contributed by atoms with E-state index in [1.54, 1.807) is 23.1 Å². The standard InChI is InChI=1S/C21H26N2O3S/c1-14(2)16-9-10-20-17(12-16)6-5-11-23(20)21(24)18-8-7-15(3)19(13-18)22-27(4,25)26/h7-10,12-14,22H,5-6,11H2,1-4H3. The lowest BCUT2D eigenvalue weighted by atomic mass is 9.94. The van der Waals surface area contributed by atoms with Gasteiger partial charge in [-0.1, -0.05) is 32.0 Å². The second-order valence-corrected chi connectivity index (χ2v) is 9.26. The maximum atomic E-state index is 13.2. The fourth-order valence-corrected chi connectivity index (χ4v) is 4.03. The largest absolute Gasteiger partial charge is 0.308 e. The highest BCUT2D eigenvalue weighted by atomic mass is 32.2. The molecule has 0 radical (unpaired) electrons. The second-order valence-electron chi connectivity index (χ2n) is 7.51. The SMILES string of the molecule is Cc1ccc(C(=O)N2CCCc3cc(C(C)C)ccc32)cc1NS(C)(=O)=O. The van der Waals surface area contributed by atoms with Crippen LogP contribution in [0.25, 0.3) is 0 Å². The van der Waals surface area contributed by atoms with Crippen LogP contribution in [0.2, 0.25) is 0 Å². The molecule has 0 bridgehead atoms. The van der Waals surface area contributed by atoms with Crippen molar-refractivity contribution in [1.82, 2.24) is 0 Å². The van der Waals surface area contributed by atoms with Crippen LogP contribution in [-0.4, -0.2) is 27.1 Å². The molecule has 1 amide bonds. The van der Waals surface area contributed by atoms with Gasteiger partial charge in [-0.25, -0.2) is 8.42 Å². The van der Waals surface area contributed by atoms with E-state index in [-0.39, 0.29) is 5.91 Å². The van der Waals surface area contributed by atoms with Gasteiger partial charge in [0.2, 0.25) is 10.0 Å². The van der Waals surface area contributed by atoms with Gasteiger partial charge in [0.05, 0.1) is 11.9 Å². The lowest BCUT2D eigenvalue weighted by molar-refractivity contribution is 0.0985. The highest BCUT2D eigenvalue weighted by Gasteiger charge is 2.24. The van der Waals surface area contributed by atoms with Crippen LogP contribution in [0.1, 0.15) is 53.2 Å². The fraction of sp³-hybridized carbons (Fsp3) is 0.381. The first kappa shape index (κ1) is 19.4. The molecule has 0 aromatic heterocycles. The van der Waals surface area contributed by atoms with Crippen molar-refractivity contribution in [2.24, 2.45) is 0 Å². The molecule has 0 saturated heterocycles. The van der Waals surface area contributed by atoms with Crippen LogP contribution in [0.3, 0.4) is 0 Å². The number of sulfonamides is 1. The summed E-state index contributed by atoms with van der Waals surface area (Å²) in [6.07, 6.45) is 2.99. The molecule has 144 valence electrons. The Morgan fingerprint density at radius 3 is 2.56 bits per heavy atom. The molecule has 0 unspecified atom stereocenters. The van der Waals surface area contributed by atoms with Crippen LogP contribution >= 0.6 is 0 Å². The van der Waals surface area contributed by atoms with Crippen molar-refractivity contribution in [2.75, 3.05) is 22.4 Å². The summed E-state index contributed by atoms with van der Waals surface area (Å²) in [5, 5.41) is 0. The quantitative estimate of drug-likeness (QED) is 0.861. The van der Waals surface area contributed by atoms with Crippen LogP contribution in [0, 0.1) is 6.92 Å². The van der Waals surface area contributed by atoms with Crippen LogP contribution in [0.15, 0.2) is 36.4 Å². The zero-order chi connectivity index (χ0) is 19.8. The summed E-state index contributed by atoms with van der Waals surface area (Å²) in [6, 6.07) is 11.5. The van der Waals surface area contributed by atoms with Crippen molar-refractivity contribution in [3.63, 3.8) is 0 Å². The second kappa shape index (κ2) is 7.35. The van der Waals surface area contributed by atoms with E-state index in [4.69, 9.17) is 0 Å². The van der Waals surface area contributed by atoms with Gasteiger partial charge < -0.3 is 4.90 Å². The molecular formula is C21H26N2O3S. The number of carbonyl (C=O) groups excluding carboxylic acids is 1. The van der Waals surface area contributed by atoms with Gasteiger partial charge in [0.25, 0.3) is 5.91 Å². The van der Waals surface area contributed by atoms with Crippen molar-refractivity contribution in [1.29, 1.82) is 0 Å². The normalized spacial score (nSPS) is 14.2. The predicted molar refractivity (Wildman–Crippen MR) is 110 cm³/mol. The molecule has 27 heavy (non-hydrogen) atoms. The summed E-state index contributed by atoms with van der Waals surface area (Å²) in [5.41, 5.74) is 5.12. The van der Waals surface area contributed by atoms with Gasteiger partial charge in [-0.15, -0.1) is 0 Å². The van der Waals surface area contributed by atoms with E-state index in [1.165, 1.54) is 11.1 Å². The molecule has 2 aromatic rings. The van der Waals surface area contributed by atoms with E-state index in [0.717, 1.165) is 30.3 Å². The van der Waals surface area contributed by atoms with Gasteiger partial charge in [0.15, 0.2) is 0 Å². The number of rotatable bonds is 4. The molecule has 0 saturated carbocycles. The number of hydrogen-bond acceptors (Lipinski definition) is 3. The van der Waals surface area contributed by atoms with Gasteiger partial charge >= 0.3 is 0 Å². The number of nitrogens with one attached hydrogen (secondary N) is 1. The molecule has 6 heteroatoms. The van der Waals surface area contributed by atoms with Crippen molar-refractivity contribution in [2.45, 2.75) is 39.5 Å². The maximum Gasteiger partial charge on any atom is 0.258 e. The molecular weight excluding hydrogens is 360 g/mol. The minimum absolute atomic E-state index is 0.107. The number of amides is 1. The molecule has 1 aliphatic rings. The minimum atomic E-state index is -3.40. The van der Waals surface area contributed by atoms with Gasteiger partial charge in [0, 0.05) is 17.8 Å². The number of carbonyl (C=O) groups is 1. The third-order valence-corrected chi connectivity index (χ3v) is 5.50. The Labute approximate surface area is 161 Å². The molecule has 5 nitrogen and oxygen atoms in total. The van der Waals surface area contributed by atoms with Crippen molar-refractivity contribution in [3.8, 4) is 0 Å². The van der Waals surface area contributed by atoms with Crippen LogP contribution in [0.5, 0.6) is 0 Å². The van der Waals surface area contributed by atoms with Crippen molar-refractivity contribution >= 4 is 27.3 Å².